The first-order chi connectivity index (χ1) is 6.24. The van der Waals surface area contributed by atoms with Crippen LogP contribution in [0.3, 0.4) is 0 Å². The first-order valence-corrected chi connectivity index (χ1v) is 4.56. The van der Waals surface area contributed by atoms with Crippen molar-refractivity contribution in [3.8, 4) is 11.8 Å². The summed E-state index contributed by atoms with van der Waals surface area (Å²) in [5.41, 5.74) is 1.98. The third-order valence-corrected chi connectivity index (χ3v) is 1.83. The molecule has 0 bridgehead atoms. The lowest BCUT2D eigenvalue weighted by Crippen LogP contribution is -1.93. The monoisotopic (exact) mass is 194 g/mol. The minimum Gasteiger partial charge on any atom is -0.376 e. The average molecular weight is 195 g/mol. The van der Waals surface area contributed by atoms with Crippen LogP contribution in [0, 0.1) is 18.8 Å². The SMILES string of the molecule is Cc1ccc([C@@H](O)C#CCCl)cc1. The summed E-state index contributed by atoms with van der Waals surface area (Å²) in [6.07, 6.45) is -0.723. The highest BCUT2D eigenvalue weighted by Crippen LogP contribution is 2.12. The predicted molar refractivity (Wildman–Crippen MR) is 54.6 cm³/mol. The Hall–Kier alpha value is -0.970. The van der Waals surface area contributed by atoms with E-state index in [1.165, 1.54) is 5.56 Å². The maximum atomic E-state index is 9.51. The Morgan fingerprint density at radius 1 is 1.38 bits per heavy atom. The van der Waals surface area contributed by atoms with Gasteiger partial charge in [0, 0.05) is 0 Å². The van der Waals surface area contributed by atoms with Crippen LogP contribution in [0.15, 0.2) is 24.3 Å². The molecule has 0 aliphatic carbocycles. The lowest BCUT2D eigenvalue weighted by atomic mass is 10.1. The molecule has 1 nitrogen and oxygen atoms in total. The van der Waals surface area contributed by atoms with Gasteiger partial charge in [0.25, 0.3) is 0 Å². The van der Waals surface area contributed by atoms with E-state index in [2.05, 4.69) is 11.8 Å². The first-order valence-electron chi connectivity index (χ1n) is 4.03. The van der Waals surface area contributed by atoms with Gasteiger partial charge in [-0.25, -0.2) is 0 Å². The molecule has 1 rings (SSSR count). The Balaban J connectivity index is 2.77. The molecule has 1 aromatic carbocycles. The van der Waals surface area contributed by atoms with Crippen molar-refractivity contribution in [2.24, 2.45) is 0 Å². The van der Waals surface area contributed by atoms with Crippen molar-refractivity contribution in [3.05, 3.63) is 35.4 Å². The molecular weight excluding hydrogens is 184 g/mol. The van der Waals surface area contributed by atoms with Gasteiger partial charge in [-0.2, -0.15) is 0 Å². The van der Waals surface area contributed by atoms with E-state index < -0.39 is 6.10 Å². The van der Waals surface area contributed by atoms with Gasteiger partial charge in [-0.05, 0) is 12.5 Å². The summed E-state index contributed by atoms with van der Waals surface area (Å²) in [4.78, 5) is 0. The fraction of sp³-hybridized carbons (Fsp3) is 0.273. The normalized spacial score (nSPS) is 11.6. The number of hydrogen-bond donors (Lipinski definition) is 1. The van der Waals surface area contributed by atoms with Crippen LogP contribution in [-0.4, -0.2) is 11.0 Å². The van der Waals surface area contributed by atoms with E-state index in [0.717, 1.165) is 5.56 Å². The molecule has 0 fully saturated rings. The summed E-state index contributed by atoms with van der Waals surface area (Å²) < 4.78 is 0. The molecule has 13 heavy (non-hydrogen) atoms. The first kappa shape index (κ1) is 10.1. The highest BCUT2D eigenvalue weighted by molar-refractivity contribution is 6.19. The van der Waals surface area contributed by atoms with Crippen LogP contribution in [0.4, 0.5) is 0 Å². The minimum absolute atomic E-state index is 0.253. The van der Waals surface area contributed by atoms with Crippen molar-refractivity contribution < 1.29 is 5.11 Å². The summed E-state index contributed by atoms with van der Waals surface area (Å²) in [6, 6.07) is 7.62. The molecule has 0 amide bonds. The number of hydrogen-bond acceptors (Lipinski definition) is 1. The largest absolute Gasteiger partial charge is 0.376 e. The molecule has 0 saturated carbocycles. The zero-order valence-corrected chi connectivity index (χ0v) is 8.17. The average Bonchev–Trinajstić information content (AvgIpc) is 2.15. The van der Waals surface area contributed by atoms with Gasteiger partial charge in [-0.3, -0.25) is 0 Å². The molecule has 0 aromatic heterocycles. The zero-order valence-electron chi connectivity index (χ0n) is 7.42. The molecule has 1 atom stereocenters. The smallest absolute Gasteiger partial charge is 0.140 e. The van der Waals surface area contributed by atoms with E-state index in [1.54, 1.807) is 0 Å². The Kier molecular flexibility index (Phi) is 3.82. The Morgan fingerprint density at radius 2 is 2.00 bits per heavy atom. The third kappa shape index (κ3) is 3.10. The van der Waals surface area contributed by atoms with Crippen molar-refractivity contribution in [2.45, 2.75) is 13.0 Å². The maximum Gasteiger partial charge on any atom is 0.140 e. The van der Waals surface area contributed by atoms with E-state index in [4.69, 9.17) is 11.6 Å². The molecule has 0 saturated heterocycles. The Labute approximate surface area is 83.4 Å². The lowest BCUT2D eigenvalue weighted by molar-refractivity contribution is 0.238. The summed E-state index contributed by atoms with van der Waals surface area (Å²) in [6.45, 7) is 2.00. The standard InChI is InChI=1S/C11H11ClO/c1-9-4-6-10(7-5-9)11(13)3-2-8-12/h4-7,11,13H,8H2,1H3/t11-/m0/s1. The zero-order chi connectivity index (χ0) is 9.68. The summed E-state index contributed by atoms with van der Waals surface area (Å²) in [7, 11) is 0. The van der Waals surface area contributed by atoms with Crippen molar-refractivity contribution >= 4 is 11.6 Å². The number of benzene rings is 1. The van der Waals surface area contributed by atoms with Gasteiger partial charge >= 0.3 is 0 Å². The highest BCUT2D eigenvalue weighted by Gasteiger charge is 2.01. The second-order valence-corrected chi connectivity index (χ2v) is 3.04. The van der Waals surface area contributed by atoms with Gasteiger partial charge in [0.05, 0.1) is 5.88 Å². The molecule has 1 aromatic rings. The molecule has 0 unspecified atom stereocenters. The van der Waals surface area contributed by atoms with E-state index in [1.807, 2.05) is 31.2 Å². The summed E-state index contributed by atoms with van der Waals surface area (Å²) in [5, 5.41) is 9.51. The van der Waals surface area contributed by atoms with Crippen LogP contribution in [-0.2, 0) is 0 Å². The van der Waals surface area contributed by atoms with Gasteiger partial charge < -0.3 is 5.11 Å². The van der Waals surface area contributed by atoms with Crippen molar-refractivity contribution in [1.82, 2.24) is 0 Å². The molecule has 0 radical (unpaired) electrons. The molecule has 0 spiro atoms. The van der Waals surface area contributed by atoms with E-state index in [-0.39, 0.29) is 5.88 Å². The van der Waals surface area contributed by atoms with Gasteiger partial charge in [-0.1, -0.05) is 41.7 Å². The van der Waals surface area contributed by atoms with Crippen LogP contribution < -0.4 is 0 Å². The Bertz CT molecular complexity index is 318. The summed E-state index contributed by atoms with van der Waals surface area (Å²) in [5.74, 6) is 5.52. The maximum absolute atomic E-state index is 9.51. The second kappa shape index (κ2) is 4.91. The van der Waals surface area contributed by atoms with Crippen LogP contribution in [0.5, 0.6) is 0 Å². The fourth-order valence-electron chi connectivity index (χ4n) is 0.967. The fourth-order valence-corrected chi connectivity index (χ4v) is 1.04. The van der Waals surface area contributed by atoms with E-state index >= 15 is 0 Å². The topological polar surface area (TPSA) is 20.2 Å². The molecule has 2 heteroatoms. The third-order valence-electron chi connectivity index (χ3n) is 1.70. The highest BCUT2D eigenvalue weighted by atomic mass is 35.5. The van der Waals surface area contributed by atoms with Crippen LogP contribution in [0.1, 0.15) is 17.2 Å². The van der Waals surface area contributed by atoms with Crippen molar-refractivity contribution in [3.63, 3.8) is 0 Å². The molecule has 0 heterocycles. The number of aliphatic hydroxyl groups is 1. The van der Waals surface area contributed by atoms with Crippen molar-refractivity contribution in [2.75, 3.05) is 5.88 Å². The minimum atomic E-state index is -0.723. The molecular formula is C11H11ClO. The predicted octanol–water partition coefficient (Wildman–Crippen LogP) is 2.27. The van der Waals surface area contributed by atoms with Gasteiger partial charge in [0.2, 0.25) is 0 Å². The van der Waals surface area contributed by atoms with Gasteiger partial charge in [0.15, 0.2) is 0 Å². The van der Waals surface area contributed by atoms with Gasteiger partial charge in [-0.15, -0.1) is 11.6 Å². The van der Waals surface area contributed by atoms with Crippen LogP contribution >= 0.6 is 11.6 Å². The molecule has 1 N–H and O–H groups in total. The van der Waals surface area contributed by atoms with Crippen molar-refractivity contribution in [1.29, 1.82) is 0 Å². The number of rotatable bonds is 1. The number of alkyl halides is 1. The molecule has 0 aliphatic heterocycles. The van der Waals surface area contributed by atoms with Crippen LogP contribution in [0.2, 0.25) is 0 Å². The lowest BCUT2D eigenvalue weighted by Gasteiger charge is -2.03. The number of aryl methyl sites for hydroxylation is 1. The Morgan fingerprint density at radius 3 is 2.54 bits per heavy atom. The van der Waals surface area contributed by atoms with Gasteiger partial charge in [0.1, 0.15) is 6.10 Å². The van der Waals surface area contributed by atoms with Crippen LogP contribution in [0.25, 0.3) is 0 Å². The van der Waals surface area contributed by atoms with E-state index in [0.29, 0.717) is 0 Å². The van der Waals surface area contributed by atoms with E-state index in [9.17, 15) is 5.11 Å². The number of aliphatic hydroxyl groups excluding tert-OH is 1. The second-order valence-electron chi connectivity index (χ2n) is 2.77. The molecule has 68 valence electrons. The quantitative estimate of drug-likeness (QED) is 0.537. The number of halogens is 1. The summed E-state index contributed by atoms with van der Waals surface area (Å²) >= 11 is 5.37. The molecule has 0 aliphatic rings.